The number of carbonyl (C=O) groups excluding carboxylic acids is 2. The maximum absolute atomic E-state index is 12.4. The first-order chi connectivity index (χ1) is 12.0. The van der Waals surface area contributed by atoms with Crippen molar-refractivity contribution in [1.29, 1.82) is 0 Å². The lowest BCUT2D eigenvalue weighted by Crippen LogP contribution is -2.14. The van der Waals surface area contributed by atoms with E-state index >= 15 is 0 Å². The number of ether oxygens (including phenoxy) is 1. The molecule has 0 aliphatic rings. The van der Waals surface area contributed by atoms with E-state index < -0.39 is 0 Å². The van der Waals surface area contributed by atoms with E-state index in [1.165, 1.54) is 6.20 Å². The van der Waals surface area contributed by atoms with Crippen molar-refractivity contribution in [3.8, 4) is 0 Å². The quantitative estimate of drug-likeness (QED) is 0.753. The molecule has 0 aliphatic carbocycles. The number of esters is 1. The lowest BCUT2D eigenvalue weighted by Gasteiger charge is -2.10. The van der Waals surface area contributed by atoms with Gasteiger partial charge in [0.05, 0.1) is 23.4 Å². The number of hydrogen-bond acceptors (Lipinski definition) is 5. The third kappa shape index (κ3) is 5.60. The summed E-state index contributed by atoms with van der Waals surface area (Å²) in [5, 5.41) is 6.03. The third-order valence-electron chi connectivity index (χ3n) is 3.37. The van der Waals surface area contributed by atoms with Crippen LogP contribution >= 0.6 is 0 Å². The fraction of sp³-hybridized carbons (Fsp3) is 0.316. The molecule has 6 nitrogen and oxygen atoms in total. The van der Waals surface area contributed by atoms with E-state index in [0.29, 0.717) is 29.3 Å². The molecule has 2 rings (SSSR count). The number of rotatable bonds is 7. The minimum absolute atomic E-state index is 0.260. The Labute approximate surface area is 147 Å². The van der Waals surface area contributed by atoms with Gasteiger partial charge in [-0.25, -0.2) is 4.79 Å². The van der Waals surface area contributed by atoms with Crippen LogP contribution in [-0.4, -0.2) is 30.0 Å². The molecule has 1 aromatic heterocycles. The number of anilines is 2. The Balaban J connectivity index is 2.02. The third-order valence-corrected chi connectivity index (χ3v) is 3.37. The number of nitrogens with one attached hydrogen (secondary N) is 2. The summed E-state index contributed by atoms with van der Waals surface area (Å²) in [4.78, 5) is 28.1. The maximum atomic E-state index is 12.4. The summed E-state index contributed by atoms with van der Waals surface area (Å²) >= 11 is 0. The van der Waals surface area contributed by atoms with Crippen LogP contribution in [0.4, 0.5) is 11.4 Å². The topological polar surface area (TPSA) is 80.3 Å². The van der Waals surface area contributed by atoms with Crippen LogP contribution in [0, 0.1) is 5.92 Å². The van der Waals surface area contributed by atoms with Gasteiger partial charge in [0.15, 0.2) is 0 Å². The fourth-order valence-electron chi connectivity index (χ4n) is 2.09. The number of carbonyl (C=O) groups is 2. The van der Waals surface area contributed by atoms with Crippen molar-refractivity contribution < 1.29 is 14.3 Å². The SMILES string of the molecule is CCOC(=O)c1ccc(NC(=O)c2cncc(NCC(C)C)c2)cc1. The van der Waals surface area contributed by atoms with Gasteiger partial charge in [0, 0.05) is 24.6 Å². The standard InChI is InChI=1S/C19H23N3O3/c1-4-25-19(24)14-5-7-16(8-6-14)22-18(23)15-9-17(12-20-11-15)21-10-13(2)3/h5-9,11-13,21H,4,10H2,1-3H3,(H,22,23). The number of benzene rings is 1. The average molecular weight is 341 g/mol. The van der Waals surface area contributed by atoms with Gasteiger partial charge in [0.1, 0.15) is 0 Å². The Kier molecular flexibility index (Phi) is 6.51. The van der Waals surface area contributed by atoms with Gasteiger partial charge in [-0.05, 0) is 43.2 Å². The lowest BCUT2D eigenvalue weighted by molar-refractivity contribution is 0.0526. The zero-order chi connectivity index (χ0) is 18.2. The molecule has 0 fully saturated rings. The first-order valence-electron chi connectivity index (χ1n) is 8.27. The number of pyridine rings is 1. The maximum Gasteiger partial charge on any atom is 0.338 e. The monoisotopic (exact) mass is 341 g/mol. The largest absolute Gasteiger partial charge is 0.462 e. The molecule has 0 saturated carbocycles. The summed E-state index contributed by atoms with van der Waals surface area (Å²) in [6.07, 6.45) is 3.20. The Morgan fingerprint density at radius 3 is 2.44 bits per heavy atom. The van der Waals surface area contributed by atoms with E-state index in [0.717, 1.165) is 12.2 Å². The molecule has 6 heteroatoms. The molecular weight excluding hydrogens is 318 g/mol. The van der Waals surface area contributed by atoms with Crippen LogP contribution in [0.2, 0.25) is 0 Å². The average Bonchev–Trinajstić information content (AvgIpc) is 2.61. The van der Waals surface area contributed by atoms with Crippen LogP contribution in [0.1, 0.15) is 41.5 Å². The lowest BCUT2D eigenvalue weighted by atomic mass is 10.2. The molecule has 1 heterocycles. The molecule has 25 heavy (non-hydrogen) atoms. The highest BCUT2D eigenvalue weighted by Crippen LogP contribution is 2.14. The number of hydrogen-bond donors (Lipinski definition) is 2. The molecule has 1 aromatic carbocycles. The van der Waals surface area contributed by atoms with Crippen LogP contribution in [0.15, 0.2) is 42.7 Å². The van der Waals surface area contributed by atoms with Crippen LogP contribution in [-0.2, 0) is 4.74 Å². The van der Waals surface area contributed by atoms with Gasteiger partial charge < -0.3 is 15.4 Å². The number of amides is 1. The normalized spacial score (nSPS) is 10.4. The predicted octanol–water partition coefficient (Wildman–Crippen LogP) is 3.58. The molecule has 0 bridgehead atoms. The Bertz CT molecular complexity index is 727. The zero-order valence-corrected chi connectivity index (χ0v) is 14.7. The van der Waals surface area contributed by atoms with Crippen molar-refractivity contribution in [2.45, 2.75) is 20.8 Å². The van der Waals surface area contributed by atoms with E-state index in [-0.39, 0.29) is 11.9 Å². The van der Waals surface area contributed by atoms with Gasteiger partial charge in [0.25, 0.3) is 5.91 Å². The predicted molar refractivity (Wildman–Crippen MR) is 97.9 cm³/mol. The van der Waals surface area contributed by atoms with Crippen molar-refractivity contribution in [3.63, 3.8) is 0 Å². The molecule has 0 spiro atoms. The second-order valence-corrected chi connectivity index (χ2v) is 5.99. The van der Waals surface area contributed by atoms with Crippen molar-refractivity contribution in [3.05, 3.63) is 53.9 Å². The summed E-state index contributed by atoms with van der Waals surface area (Å²) in [6, 6.07) is 8.33. The molecule has 0 atom stereocenters. The van der Waals surface area contributed by atoms with E-state index in [1.807, 2.05) is 0 Å². The van der Waals surface area contributed by atoms with Crippen LogP contribution in [0.3, 0.4) is 0 Å². The molecule has 132 valence electrons. The van der Waals surface area contributed by atoms with Crippen LogP contribution in [0.25, 0.3) is 0 Å². The minimum atomic E-state index is -0.381. The smallest absolute Gasteiger partial charge is 0.338 e. The van der Waals surface area contributed by atoms with Gasteiger partial charge in [-0.3, -0.25) is 9.78 Å². The second-order valence-electron chi connectivity index (χ2n) is 5.99. The van der Waals surface area contributed by atoms with Crippen LogP contribution < -0.4 is 10.6 Å². The van der Waals surface area contributed by atoms with E-state index in [2.05, 4.69) is 29.5 Å². The molecule has 1 amide bonds. The molecule has 0 saturated heterocycles. The Hall–Kier alpha value is -2.89. The number of aromatic nitrogens is 1. The minimum Gasteiger partial charge on any atom is -0.462 e. The van der Waals surface area contributed by atoms with Gasteiger partial charge in [-0.1, -0.05) is 13.8 Å². The summed E-state index contributed by atoms with van der Waals surface area (Å²) in [5.74, 6) is -0.145. The molecular formula is C19H23N3O3. The van der Waals surface area contributed by atoms with E-state index in [9.17, 15) is 9.59 Å². The molecule has 0 unspecified atom stereocenters. The molecule has 0 aliphatic heterocycles. The Morgan fingerprint density at radius 2 is 1.80 bits per heavy atom. The summed E-state index contributed by atoms with van der Waals surface area (Å²) in [5.41, 5.74) is 2.31. The van der Waals surface area contributed by atoms with Crippen molar-refractivity contribution in [2.24, 2.45) is 5.92 Å². The second kappa shape index (κ2) is 8.82. The van der Waals surface area contributed by atoms with Gasteiger partial charge in [-0.15, -0.1) is 0 Å². The first-order valence-corrected chi connectivity index (χ1v) is 8.27. The summed E-state index contributed by atoms with van der Waals surface area (Å²) in [7, 11) is 0. The fourth-order valence-corrected chi connectivity index (χ4v) is 2.09. The molecule has 2 N–H and O–H groups in total. The highest BCUT2D eigenvalue weighted by molar-refractivity contribution is 6.04. The van der Waals surface area contributed by atoms with Crippen molar-refractivity contribution in [2.75, 3.05) is 23.8 Å². The van der Waals surface area contributed by atoms with Crippen molar-refractivity contribution >= 4 is 23.3 Å². The summed E-state index contributed by atoms with van der Waals surface area (Å²) < 4.78 is 4.93. The summed E-state index contributed by atoms with van der Waals surface area (Å²) in [6.45, 7) is 7.10. The van der Waals surface area contributed by atoms with Crippen molar-refractivity contribution in [1.82, 2.24) is 4.98 Å². The molecule has 0 radical (unpaired) electrons. The highest BCUT2D eigenvalue weighted by atomic mass is 16.5. The van der Waals surface area contributed by atoms with E-state index in [1.54, 1.807) is 43.5 Å². The zero-order valence-electron chi connectivity index (χ0n) is 14.7. The number of nitrogens with zero attached hydrogens (tertiary/aromatic N) is 1. The van der Waals surface area contributed by atoms with Gasteiger partial charge in [0.2, 0.25) is 0 Å². The van der Waals surface area contributed by atoms with E-state index in [4.69, 9.17) is 4.74 Å². The van der Waals surface area contributed by atoms with Gasteiger partial charge in [-0.2, -0.15) is 0 Å². The first kappa shape index (κ1) is 18.4. The molecule has 2 aromatic rings. The Morgan fingerprint density at radius 1 is 1.08 bits per heavy atom. The van der Waals surface area contributed by atoms with Crippen LogP contribution in [0.5, 0.6) is 0 Å². The highest BCUT2D eigenvalue weighted by Gasteiger charge is 2.10. The van der Waals surface area contributed by atoms with Gasteiger partial charge >= 0.3 is 5.97 Å².